The Balaban J connectivity index is 2.78. The highest BCUT2D eigenvalue weighted by atomic mass is 19.1. The molecule has 0 saturated carbocycles. The number of aromatic nitrogens is 2. The number of amides is 1. The number of rotatable bonds is 2. The number of carbonyl (C=O) groups is 1. The molecule has 1 aromatic heterocycles. The van der Waals surface area contributed by atoms with Crippen LogP contribution in [0.1, 0.15) is 13.8 Å². The molecule has 0 aliphatic heterocycles. The van der Waals surface area contributed by atoms with Crippen molar-refractivity contribution in [1.29, 1.82) is 0 Å². The van der Waals surface area contributed by atoms with Crippen molar-refractivity contribution in [2.24, 2.45) is 5.73 Å². The second kappa shape index (κ2) is 3.44. The summed E-state index contributed by atoms with van der Waals surface area (Å²) < 4.78 is 14.6. The van der Waals surface area contributed by atoms with Gasteiger partial charge in [-0.25, -0.2) is 9.37 Å². The normalized spacial score (nSPS) is 11.9. The van der Waals surface area contributed by atoms with E-state index in [9.17, 15) is 9.18 Å². The number of hydrogen-bond acceptors (Lipinski definition) is 3. The van der Waals surface area contributed by atoms with Crippen LogP contribution < -0.4 is 11.5 Å². The van der Waals surface area contributed by atoms with Crippen molar-refractivity contribution in [2.75, 3.05) is 5.73 Å². The van der Waals surface area contributed by atoms with Crippen LogP contribution in [-0.4, -0.2) is 15.5 Å². The number of carbonyl (C=O) groups excluding carboxylic acids is 1. The fourth-order valence-corrected chi connectivity index (χ4v) is 1.77. The summed E-state index contributed by atoms with van der Waals surface area (Å²) in [5.74, 6) is -0.804. The number of fused-ring (bicyclic) bond motifs is 1. The first-order chi connectivity index (χ1) is 7.84. The van der Waals surface area contributed by atoms with Gasteiger partial charge in [-0.05, 0) is 26.0 Å². The number of anilines is 1. The van der Waals surface area contributed by atoms with Gasteiger partial charge in [-0.3, -0.25) is 9.36 Å². The van der Waals surface area contributed by atoms with Crippen molar-refractivity contribution < 1.29 is 9.18 Å². The smallest absolute Gasteiger partial charge is 0.243 e. The van der Waals surface area contributed by atoms with Gasteiger partial charge >= 0.3 is 0 Å². The molecule has 5 nitrogen and oxygen atoms in total. The maximum Gasteiger partial charge on any atom is 0.243 e. The van der Waals surface area contributed by atoms with Gasteiger partial charge in [0.15, 0.2) is 0 Å². The number of hydrogen-bond donors (Lipinski definition) is 2. The van der Waals surface area contributed by atoms with Crippen LogP contribution in [0, 0.1) is 5.82 Å². The number of nitrogens with two attached hydrogens (primary N) is 2. The van der Waals surface area contributed by atoms with E-state index in [0.717, 1.165) is 0 Å². The molecule has 0 radical (unpaired) electrons. The predicted molar refractivity (Wildman–Crippen MR) is 62.6 cm³/mol. The van der Waals surface area contributed by atoms with Gasteiger partial charge in [-0.1, -0.05) is 0 Å². The van der Waals surface area contributed by atoms with Crippen molar-refractivity contribution in [2.45, 2.75) is 19.4 Å². The first-order valence-electron chi connectivity index (χ1n) is 5.08. The van der Waals surface area contributed by atoms with Gasteiger partial charge in [0, 0.05) is 6.07 Å². The average Bonchev–Trinajstić information content (AvgIpc) is 2.53. The van der Waals surface area contributed by atoms with Crippen molar-refractivity contribution in [3.63, 3.8) is 0 Å². The third kappa shape index (κ3) is 1.61. The molecule has 1 amide bonds. The fraction of sp³-hybridized carbons (Fsp3) is 0.273. The third-order valence-electron chi connectivity index (χ3n) is 2.80. The third-order valence-corrected chi connectivity index (χ3v) is 2.80. The van der Waals surface area contributed by atoms with Gasteiger partial charge in [0.25, 0.3) is 0 Å². The molecule has 0 fully saturated rings. The molecule has 2 rings (SSSR count). The molecule has 17 heavy (non-hydrogen) atoms. The molecule has 4 N–H and O–H groups in total. The van der Waals surface area contributed by atoms with E-state index < -0.39 is 17.3 Å². The van der Waals surface area contributed by atoms with Gasteiger partial charge < -0.3 is 11.5 Å². The molecule has 0 spiro atoms. The monoisotopic (exact) mass is 236 g/mol. The van der Waals surface area contributed by atoms with Gasteiger partial charge in [0.05, 0.1) is 11.0 Å². The van der Waals surface area contributed by atoms with E-state index >= 15 is 0 Å². The molecular formula is C11H13FN4O. The first kappa shape index (κ1) is 11.4. The fourth-order valence-electron chi connectivity index (χ4n) is 1.77. The highest BCUT2D eigenvalue weighted by Gasteiger charge is 2.31. The van der Waals surface area contributed by atoms with Crippen molar-refractivity contribution >= 4 is 22.9 Å². The maximum atomic E-state index is 13.1. The predicted octanol–water partition coefficient (Wildman–Crippen LogP) is 0.978. The molecule has 1 heterocycles. The summed E-state index contributed by atoms with van der Waals surface area (Å²) in [6, 6.07) is 4.08. The number of nitrogen functional groups attached to an aromatic ring is 1. The average molecular weight is 236 g/mol. The van der Waals surface area contributed by atoms with Gasteiger partial charge in [0.1, 0.15) is 11.4 Å². The van der Waals surface area contributed by atoms with Gasteiger partial charge in [-0.15, -0.1) is 0 Å². The summed E-state index contributed by atoms with van der Waals surface area (Å²) in [7, 11) is 0. The molecule has 0 aliphatic rings. The highest BCUT2D eigenvalue weighted by molar-refractivity contribution is 5.87. The molecule has 90 valence electrons. The standard InChI is InChI=1S/C11H13FN4O/c1-11(2,9(13)17)16-8-4-3-6(12)5-7(8)15-10(16)14/h3-5H,1-2H3,(H2,13,17)(H2,14,15). The lowest BCUT2D eigenvalue weighted by Crippen LogP contribution is -2.41. The SMILES string of the molecule is CC(C)(C(N)=O)n1c(N)nc2cc(F)ccc21. The summed E-state index contributed by atoms with van der Waals surface area (Å²) in [4.78, 5) is 15.4. The zero-order chi connectivity index (χ0) is 12.8. The number of benzene rings is 1. The van der Waals surface area contributed by atoms with E-state index in [1.54, 1.807) is 13.8 Å². The maximum absolute atomic E-state index is 13.1. The second-order valence-electron chi connectivity index (χ2n) is 4.36. The Morgan fingerprint density at radius 1 is 1.47 bits per heavy atom. The number of nitrogens with zero attached hydrogens (tertiary/aromatic N) is 2. The summed E-state index contributed by atoms with van der Waals surface area (Å²) in [6.45, 7) is 3.27. The van der Waals surface area contributed by atoms with E-state index in [1.165, 1.54) is 22.8 Å². The van der Waals surface area contributed by atoms with Gasteiger partial charge in [0.2, 0.25) is 11.9 Å². The second-order valence-corrected chi connectivity index (χ2v) is 4.36. The molecule has 6 heteroatoms. The molecule has 1 aromatic carbocycles. The van der Waals surface area contributed by atoms with E-state index in [0.29, 0.717) is 11.0 Å². The Morgan fingerprint density at radius 3 is 2.71 bits per heavy atom. The molecule has 2 aromatic rings. The van der Waals surface area contributed by atoms with Crippen molar-refractivity contribution in [3.05, 3.63) is 24.0 Å². The zero-order valence-corrected chi connectivity index (χ0v) is 9.57. The van der Waals surface area contributed by atoms with Crippen LogP contribution in [-0.2, 0) is 10.3 Å². The minimum atomic E-state index is -1.02. The van der Waals surface area contributed by atoms with E-state index in [1.807, 2.05) is 0 Å². The number of halogens is 1. The van der Waals surface area contributed by atoms with Crippen LogP contribution in [0.5, 0.6) is 0 Å². The van der Waals surface area contributed by atoms with E-state index in [4.69, 9.17) is 11.5 Å². The molecule has 0 bridgehead atoms. The Kier molecular flexibility index (Phi) is 2.30. The molecule has 0 unspecified atom stereocenters. The van der Waals surface area contributed by atoms with Crippen LogP contribution in [0.4, 0.5) is 10.3 Å². The topological polar surface area (TPSA) is 86.9 Å². The van der Waals surface area contributed by atoms with Crippen LogP contribution in [0.3, 0.4) is 0 Å². The summed E-state index contributed by atoms with van der Waals surface area (Å²) in [5.41, 5.74) is 11.0. The van der Waals surface area contributed by atoms with Gasteiger partial charge in [-0.2, -0.15) is 0 Å². The minimum absolute atomic E-state index is 0.134. The Hall–Kier alpha value is -2.11. The Labute approximate surface area is 97.2 Å². The number of imidazole rings is 1. The quantitative estimate of drug-likeness (QED) is 0.814. The van der Waals surface area contributed by atoms with E-state index in [-0.39, 0.29) is 5.95 Å². The largest absolute Gasteiger partial charge is 0.369 e. The van der Waals surface area contributed by atoms with E-state index in [2.05, 4.69) is 4.98 Å². The summed E-state index contributed by atoms with van der Waals surface area (Å²) in [5, 5.41) is 0. The van der Waals surface area contributed by atoms with Crippen LogP contribution in [0.25, 0.3) is 11.0 Å². The molecular weight excluding hydrogens is 223 g/mol. The molecule has 0 saturated heterocycles. The Bertz CT molecular complexity index is 603. The summed E-state index contributed by atoms with van der Waals surface area (Å²) >= 11 is 0. The Morgan fingerprint density at radius 2 is 2.12 bits per heavy atom. The lowest BCUT2D eigenvalue weighted by molar-refractivity contribution is -0.124. The lowest BCUT2D eigenvalue weighted by atomic mass is 10.0. The first-order valence-corrected chi connectivity index (χ1v) is 5.08. The highest BCUT2D eigenvalue weighted by Crippen LogP contribution is 2.27. The van der Waals surface area contributed by atoms with Crippen LogP contribution >= 0.6 is 0 Å². The minimum Gasteiger partial charge on any atom is -0.369 e. The van der Waals surface area contributed by atoms with Crippen LogP contribution in [0.2, 0.25) is 0 Å². The lowest BCUT2D eigenvalue weighted by Gasteiger charge is -2.24. The zero-order valence-electron chi connectivity index (χ0n) is 9.57. The van der Waals surface area contributed by atoms with Crippen molar-refractivity contribution in [1.82, 2.24) is 9.55 Å². The van der Waals surface area contributed by atoms with Crippen LogP contribution in [0.15, 0.2) is 18.2 Å². The van der Waals surface area contributed by atoms with Crippen molar-refractivity contribution in [3.8, 4) is 0 Å². The number of primary amides is 1. The molecule has 0 atom stereocenters. The summed E-state index contributed by atoms with van der Waals surface area (Å²) in [6.07, 6.45) is 0. The molecule has 0 aliphatic carbocycles.